The fraction of sp³-hybridized carbons (Fsp3) is 0.824. The monoisotopic (exact) mass is 290 g/mol. The first kappa shape index (κ1) is 15.0. The third-order valence-corrected chi connectivity index (χ3v) is 5.24. The summed E-state index contributed by atoms with van der Waals surface area (Å²) in [6, 6.07) is 1.50. The van der Waals surface area contributed by atoms with Gasteiger partial charge in [-0.25, -0.2) is 4.98 Å². The van der Waals surface area contributed by atoms with Crippen LogP contribution in [0.5, 0.6) is 0 Å². The van der Waals surface area contributed by atoms with Crippen molar-refractivity contribution in [2.45, 2.75) is 70.0 Å². The van der Waals surface area contributed by atoms with Crippen molar-refractivity contribution >= 4 is 0 Å². The molecule has 118 valence electrons. The van der Waals surface area contributed by atoms with Gasteiger partial charge in [-0.2, -0.15) is 0 Å². The summed E-state index contributed by atoms with van der Waals surface area (Å²) in [4.78, 5) is 4.10. The molecule has 21 heavy (non-hydrogen) atoms. The van der Waals surface area contributed by atoms with Gasteiger partial charge in [0.1, 0.15) is 0 Å². The Bertz CT molecular complexity index is 384. The summed E-state index contributed by atoms with van der Waals surface area (Å²) in [5.74, 6) is 0.854. The molecule has 1 saturated carbocycles. The van der Waals surface area contributed by atoms with Gasteiger partial charge in [0.25, 0.3) is 0 Å². The minimum absolute atomic E-state index is 0.733. The zero-order valence-electron chi connectivity index (χ0n) is 13.1. The number of nitrogens with one attached hydrogen (secondary N) is 2. The fourth-order valence-electron chi connectivity index (χ4n) is 4.11. The van der Waals surface area contributed by atoms with Crippen molar-refractivity contribution in [3.05, 3.63) is 18.7 Å². The van der Waals surface area contributed by atoms with E-state index >= 15 is 0 Å². The number of hydrogen-bond acceptors (Lipinski definition) is 3. The molecule has 3 rings (SSSR count). The Morgan fingerprint density at radius 2 is 2.05 bits per heavy atom. The van der Waals surface area contributed by atoms with Gasteiger partial charge in [-0.1, -0.05) is 19.3 Å². The van der Waals surface area contributed by atoms with E-state index in [1.54, 1.807) is 0 Å². The predicted octanol–water partition coefficient (Wildman–Crippen LogP) is 2.56. The van der Waals surface area contributed by atoms with Gasteiger partial charge >= 0.3 is 0 Å². The molecule has 1 aromatic heterocycles. The molecular formula is C17H30N4. The van der Waals surface area contributed by atoms with Crippen molar-refractivity contribution in [1.82, 2.24) is 20.2 Å². The van der Waals surface area contributed by atoms with Crippen LogP contribution in [0.3, 0.4) is 0 Å². The van der Waals surface area contributed by atoms with Crippen molar-refractivity contribution in [3.8, 4) is 0 Å². The fourth-order valence-corrected chi connectivity index (χ4v) is 4.11. The lowest BCUT2D eigenvalue weighted by Crippen LogP contribution is -2.50. The zero-order valence-corrected chi connectivity index (χ0v) is 13.1. The molecule has 2 fully saturated rings. The van der Waals surface area contributed by atoms with E-state index in [2.05, 4.69) is 26.4 Å². The second-order valence-electron chi connectivity index (χ2n) is 6.72. The molecule has 1 aliphatic heterocycles. The summed E-state index contributed by atoms with van der Waals surface area (Å²) >= 11 is 0. The van der Waals surface area contributed by atoms with Gasteiger partial charge in [0.15, 0.2) is 0 Å². The van der Waals surface area contributed by atoms with Crippen LogP contribution in [0.15, 0.2) is 18.7 Å². The van der Waals surface area contributed by atoms with E-state index in [4.69, 9.17) is 0 Å². The number of aryl methyl sites for hydroxylation is 1. The SMILES string of the molecule is c1cn(CCCNC2CCCCC2C2CCCCN2)cn1. The normalized spacial score (nSPS) is 30.4. The van der Waals surface area contributed by atoms with Crippen molar-refractivity contribution in [3.63, 3.8) is 0 Å². The molecule has 3 atom stereocenters. The first-order valence-corrected chi connectivity index (χ1v) is 8.86. The Labute approximate surface area is 128 Å². The highest BCUT2D eigenvalue weighted by molar-refractivity contribution is 4.90. The summed E-state index contributed by atoms with van der Waals surface area (Å²) in [5, 5.41) is 7.64. The number of hydrogen-bond donors (Lipinski definition) is 2. The van der Waals surface area contributed by atoms with Gasteiger partial charge in [0.05, 0.1) is 6.33 Å². The van der Waals surface area contributed by atoms with Crippen molar-refractivity contribution in [2.75, 3.05) is 13.1 Å². The van der Waals surface area contributed by atoms with Gasteiger partial charge < -0.3 is 15.2 Å². The highest BCUT2D eigenvalue weighted by atomic mass is 15.0. The zero-order chi connectivity index (χ0) is 14.3. The van der Waals surface area contributed by atoms with Crippen LogP contribution >= 0.6 is 0 Å². The number of nitrogens with zero attached hydrogens (tertiary/aromatic N) is 2. The third-order valence-electron chi connectivity index (χ3n) is 5.24. The molecule has 0 radical (unpaired) electrons. The molecule has 2 aliphatic rings. The predicted molar refractivity (Wildman–Crippen MR) is 86.2 cm³/mol. The van der Waals surface area contributed by atoms with Crippen LogP contribution in [-0.4, -0.2) is 34.7 Å². The summed E-state index contributed by atoms with van der Waals surface area (Å²) in [6.45, 7) is 3.44. The van der Waals surface area contributed by atoms with Crippen LogP contribution in [0.2, 0.25) is 0 Å². The molecule has 4 heteroatoms. The Hall–Kier alpha value is -0.870. The summed E-state index contributed by atoms with van der Waals surface area (Å²) in [7, 11) is 0. The maximum atomic E-state index is 4.10. The van der Waals surface area contributed by atoms with Gasteiger partial charge in [0, 0.05) is 31.0 Å². The van der Waals surface area contributed by atoms with Crippen molar-refractivity contribution in [2.24, 2.45) is 5.92 Å². The molecule has 1 aromatic rings. The maximum absolute atomic E-state index is 4.10. The molecule has 1 saturated heterocycles. The Morgan fingerprint density at radius 3 is 2.86 bits per heavy atom. The van der Waals surface area contributed by atoms with Gasteiger partial charge in [0.2, 0.25) is 0 Å². The molecule has 4 nitrogen and oxygen atoms in total. The molecule has 0 bridgehead atoms. The van der Waals surface area contributed by atoms with Crippen molar-refractivity contribution < 1.29 is 0 Å². The van der Waals surface area contributed by atoms with E-state index in [-0.39, 0.29) is 0 Å². The second kappa shape index (κ2) is 7.95. The van der Waals surface area contributed by atoms with E-state index in [0.29, 0.717) is 0 Å². The maximum Gasteiger partial charge on any atom is 0.0945 e. The molecule has 2 N–H and O–H groups in total. The molecule has 2 heterocycles. The molecular weight excluding hydrogens is 260 g/mol. The Morgan fingerprint density at radius 1 is 1.14 bits per heavy atom. The largest absolute Gasteiger partial charge is 0.337 e. The number of rotatable bonds is 6. The summed E-state index contributed by atoms with van der Waals surface area (Å²) < 4.78 is 2.17. The van der Waals surface area contributed by atoms with Crippen LogP contribution in [0.25, 0.3) is 0 Å². The Balaban J connectivity index is 1.43. The molecule has 0 aromatic carbocycles. The lowest BCUT2D eigenvalue weighted by Gasteiger charge is -2.40. The molecule has 1 aliphatic carbocycles. The minimum Gasteiger partial charge on any atom is -0.337 e. The average Bonchev–Trinajstić information content (AvgIpc) is 3.06. The lowest BCUT2D eigenvalue weighted by molar-refractivity contribution is 0.181. The van der Waals surface area contributed by atoms with Crippen LogP contribution in [0.1, 0.15) is 51.4 Å². The van der Waals surface area contributed by atoms with E-state index in [1.807, 2.05) is 12.5 Å². The quantitative estimate of drug-likeness (QED) is 0.791. The lowest BCUT2D eigenvalue weighted by atomic mass is 9.77. The van der Waals surface area contributed by atoms with Crippen molar-refractivity contribution in [1.29, 1.82) is 0 Å². The van der Waals surface area contributed by atoms with E-state index in [0.717, 1.165) is 31.1 Å². The second-order valence-corrected chi connectivity index (χ2v) is 6.72. The Kier molecular flexibility index (Phi) is 5.69. The summed E-state index contributed by atoms with van der Waals surface area (Å²) in [5.41, 5.74) is 0. The third kappa shape index (κ3) is 4.30. The van der Waals surface area contributed by atoms with Gasteiger partial charge in [-0.05, 0) is 51.1 Å². The highest BCUT2D eigenvalue weighted by Gasteiger charge is 2.31. The first-order valence-electron chi connectivity index (χ1n) is 8.86. The standard InChI is InChI=1S/C17H30N4/c1-2-7-16(15(6-1)17-8-3-4-9-19-17)20-10-5-12-21-13-11-18-14-21/h11,13-17,19-20H,1-10,12H2. The van der Waals surface area contributed by atoms with Crippen LogP contribution < -0.4 is 10.6 Å². The van der Waals surface area contributed by atoms with E-state index < -0.39 is 0 Å². The van der Waals surface area contributed by atoms with Crippen LogP contribution in [0, 0.1) is 5.92 Å². The number of piperidine rings is 1. The number of aromatic nitrogens is 2. The van der Waals surface area contributed by atoms with E-state index in [9.17, 15) is 0 Å². The molecule has 3 unspecified atom stereocenters. The molecule has 0 amide bonds. The molecule has 0 spiro atoms. The van der Waals surface area contributed by atoms with Crippen LogP contribution in [-0.2, 0) is 6.54 Å². The average molecular weight is 290 g/mol. The van der Waals surface area contributed by atoms with E-state index in [1.165, 1.54) is 57.9 Å². The van der Waals surface area contributed by atoms with Crippen LogP contribution in [0.4, 0.5) is 0 Å². The highest BCUT2D eigenvalue weighted by Crippen LogP contribution is 2.30. The van der Waals surface area contributed by atoms with Gasteiger partial charge in [-0.15, -0.1) is 0 Å². The minimum atomic E-state index is 0.733. The van der Waals surface area contributed by atoms with Gasteiger partial charge in [-0.3, -0.25) is 0 Å². The smallest absolute Gasteiger partial charge is 0.0945 e. The first-order chi connectivity index (χ1) is 10.4. The topological polar surface area (TPSA) is 41.9 Å². The summed E-state index contributed by atoms with van der Waals surface area (Å²) in [6.07, 6.45) is 16.8. The number of imidazole rings is 1.